The van der Waals surface area contributed by atoms with Crippen molar-refractivity contribution < 1.29 is 9.18 Å². The molecular weight excluding hydrogens is 340 g/mol. The Labute approximate surface area is 147 Å². The molecule has 23 heavy (non-hydrogen) atoms. The van der Waals surface area contributed by atoms with Gasteiger partial charge >= 0.3 is 0 Å². The number of amides is 1. The van der Waals surface area contributed by atoms with Crippen molar-refractivity contribution in [3.63, 3.8) is 0 Å². The number of benzene rings is 1. The summed E-state index contributed by atoms with van der Waals surface area (Å²) in [7, 11) is 0. The summed E-state index contributed by atoms with van der Waals surface area (Å²) in [5.74, 6) is -0.465. The number of piperazine rings is 1. The van der Waals surface area contributed by atoms with Crippen LogP contribution in [0.15, 0.2) is 12.1 Å². The summed E-state index contributed by atoms with van der Waals surface area (Å²) in [5, 5.41) is 3.54. The second kappa shape index (κ2) is 7.79. The summed E-state index contributed by atoms with van der Waals surface area (Å²) < 4.78 is 13.5. The van der Waals surface area contributed by atoms with Crippen LogP contribution in [0.5, 0.6) is 0 Å². The quantitative estimate of drug-likeness (QED) is 0.877. The Morgan fingerprint density at radius 3 is 2.70 bits per heavy atom. The predicted molar refractivity (Wildman–Crippen MR) is 92.1 cm³/mol. The highest BCUT2D eigenvalue weighted by atomic mass is 35.5. The molecule has 2 saturated heterocycles. The third kappa shape index (κ3) is 3.97. The molecule has 1 N–H and O–H groups in total. The first-order valence-electron chi connectivity index (χ1n) is 7.76. The molecule has 7 heteroatoms. The number of hydrogen-bond donors (Lipinski definition) is 1. The molecule has 0 saturated carbocycles. The van der Waals surface area contributed by atoms with E-state index >= 15 is 0 Å². The molecule has 2 aliphatic heterocycles. The Morgan fingerprint density at radius 2 is 2.00 bits per heavy atom. The maximum absolute atomic E-state index is 13.5. The highest BCUT2D eigenvalue weighted by Crippen LogP contribution is 2.25. The largest absolute Gasteiger partial charge is 0.337 e. The third-order valence-corrected chi connectivity index (χ3v) is 4.91. The number of hydrogen-bond acceptors (Lipinski definition) is 3. The van der Waals surface area contributed by atoms with Gasteiger partial charge in [0.25, 0.3) is 5.91 Å². The van der Waals surface area contributed by atoms with Crippen LogP contribution in [0, 0.1) is 12.7 Å². The Balaban J connectivity index is 0.00000192. The van der Waals surface area contributed by atoms with Crippen molar-refractivity contribution in [2.45, 2.75) is 19.4 Å². The average molecular weight is 362 g/mol. The van der Waals surface area contributed by atoms with E-state index in [0.29, 0.717) is 17.2 Å². The number of carbonyl (C=O) groups is 1. The van der Waals surface area contributed by atoms with Crippen molar-refractivity contribution in [2.75, 3.05) is 39.3 Å². The van der Waals surface area contributed by atoms with Crippen LogP contribution in [0.25, 0.3) is 0 Å². The van der Waals surface area contributed by atoms with Crippen molar-refractivity contribution >= 4 is 29.9 Å². The minimum absolute atomic E-state index is 0. The summed E-state index contributed by atoms with van der Waals surface area (Å²) in [6, 6.07) is 3.21. The minimum atomic E-state index is -0.373. The summed E-state index contributed by atoms with van der Waals surface area (Å²) in [5.41, 5.74) is 0.854. The molecule has 0 aromatic heterocycles. The molecule has 2 heterocycles. The topological polar surface area (TPSA) is 35.6 Å². The van der Waals surface area contributed by atoms with E-state index in [2.05, 4.69) is 10.2 Å². The van der Waals surface area contributed by atoms with Crippen LogP contribution in [0.2, 0.25) is 5.02 Å². The lowest BCUT2D eigenvalue weighted by atomic mass is 10.1. The summed E-state index contributed by atoms with van der Waals surface area (Å²) >= 11 is 6.05. The summed E-state index contributed by atoms with van der Waals surface area (Å²) in [6.07, 6.45) is 0.990. The van der Waals surface area contributed by atoms with Crippen molar-refractivity contribution in [3.05, 3.63) is 34.1 Å². The van der Waals surface area contributed by atoms with Gasteiger partial charge in [-0.3, -0.25) is 9.69 Å². The first kappa shape index (κ1) is 18.5. The first-order valence-corrected chi connectivity index (χ1v) is 8.14. The first-order chi connectivity index (χ1) is 10.6. The van der Waals surface area contributed by atoms with E-state index in [1.54, 1.807) is 13.0 Å². The second-order valence-corrected chi connectivity index (χ2v) is 6.47. The number of nitrogens with one attached hydrogen (secondary N) is 1. The SMILES string of the molecule is Cc1cc(C(=O)N2CCC(N3CCNCC3)C2)c(Cl)cc1F.Cl. The van der Waals surface area contributed by atoms with Crippen LogP contribution in [-0.2, 0) is 0 Å². The number of halogens is 3. The predicted octanol–water partition coefficient (Wildman–Crippen LogP) is 2.33. The molecule has 0 spiro atoms. The lowest BCUT2D eigenvalue weighted by molar-refractivity contribution is 0.0773. The maximum Gasteiger partial charge on any atom is 0.255 e. The van der Waals surface area contributed by atoms with E-state index in [9.17, 15) is 9.18 Å². The smallest absolute Gasteiger partial charge is 0.255 e. The zero-order chi connectivity index (χ0) is 15.7. The Kier molecular flexibility index (Phi) is 6.26. The lowest BCUT2D eigenvalue weighted by Gasteiger charge is -2.32. The van der Waals surface area contributed by atoms with Gasteiger partial charge in [0, 0.05) is 45.3 Å². The standard InChI is InChI=1S/C16H21ClFN3O.ClH/c1-11-8-13(14(17)9-15(11)18)16(22)21-5-2-12(10-21)20-6-3-19-4-7-20;/h8-9,12,19H,2-7,10H2,1H3;1H. The zero-order valence-electron chi connectivity index (χ0n) is 13.1. The van der Waals surface area contributed by atoms with Gasteiger partial charge in [0.05, 0.1) is 10.6 Å². The van der Waals surface area contributed by atoms with Crippen molar-refractivity contribution in [3.8, 4) is 0 Å². The van der Waals surface area contributed by atoms with Crippen LogP contribution < -0.4 is 5.32 Å². The van der Waals surface area contributed by atoms with Gasteiger partial charge in [0.1, 0.15) is 5.82 Å². The average Bonchev–Trinajstić information content (AvgIpc) is 3.01. The van der Waals surface area contributed by atoms with E-state index in [0.717, 1.165) is 45.7 Å². The van der Waals surface area contributed by atoms with Gasteiger partial charge in [-0.2, -0.15) is 0 Å². The van der Waals surface area contributed by atoms with E-state index in [1.807, 2.05) is 4.90 Å². The Hall–Kier alpha value is -0.880. The number of rotatable bonds is 2. The van der Waals surface area contributed by atoms with Crippen LogP contribution in [0.3, 0.4) is 0 Å². The third-order valence-electron chi connectivity index (χ3n) is 4.60. The molecule has 3 rings (SSSR count). The number of likely N-dealkylation sites (tertiary alicyclic amines) is 1. The number of carbonyl (C=O) groups excluding carboxylic acids is 1. The van der Waals surface area contributed by atoms with Gasteiger partial charge in [-0.25, -0.2) is 4.39 Å². The molecule has 0 aliphatic carbocycles. The van der Waals surface area contributed by atoms with Crippen molar-refractivity contribution in [2.24, 2.45) is 0 Å². The molecule has 4 nitrogen and oxygen atoms in total. The van der Waals surface area contributed by atoms with Crippen molar-refractivity contribution in [1.82, 2.24) is 15.1 Å². The monoisotopic (exact) mass is 361 g/mol. The molecule has 1 atom stereocenters. The molecule has 2 fully saturated rings. The van der Waals surface area contributed by atoms with E-state index in [4.69, 9.17) is 11.6 Å². The van der Waals surface area contributed by atoms with Crippen LogP contribution >= 0.6 is 24.0 Å². The lowest BCUT2D eigenvalue weighted by Crippen LogP contribution is -2.49. The molecular formula is C16H22Cl2FN3O. The zero-order valence-corrected chi connectivity index (χ0v) is 14.7. The van der Waals surface area contributed by atoms with E-state index < -0.39 is 0 Å². The minimum Gasteiger partial charge on any atom is -0.337 e. The second-order valence-electron chi connectivity index (χ2n) is 6.06. The van der Waals surface area contributed by atoms with Crippen LogP contribution in [0.1, 0.15) is 22.3 Å². The highest BCUT2D eigenvalue weighted by molar-refractivity contribution is 6.33. The van der Waals surface area contributed by atoms with Crippen LogP contribution in [-0.4, -0.2) is 61.0 Å². The number of nitrogens with zero attached hydrogens (tertiary/aromatic N) is 2. The molecule has 1 amide bonds. The molecule has 1 aromatic carbocycles. The number of aryl methyl sites for hydroxylation is 1. The van der Waals surface area contributed by atoms with Gasteiger partial charge in [-0.05, 0) is 31.0 Å². The highest BCUT2D eigenvalue weighted by Gasteiger charge is 2.32. The van der Waals surface area contributed by atoms with Gasteiger partial charge < -0.3 is 10.2 Å². The molecule has 1 unspecified atom stereocenters. The molecule has 128 valence electrons. The fourth-order valence-corrected chi connectivity index (χ4v) is 3.49. The summed E-state index contributed by atoms with van der Waals surface area (Å²) in [4.78, 5) is 16.9. The van der Waals surface area contributed by atoms with E-state index in [-0.39, 0.29) is 29.2 Å². The molecule has 0 radical (unpaired) electrons. The normalized spacial score (nSPS) is 22.0. The molecule has 1 aromatic rings. The Bertz CT molecular complexity index is 579. The Morgan fingerprint density at radius 1 is 1.30 bits per heavy atom. The van der Waals surface area contributed by atoms with Crippen LogP contribution in [0.4, 0.5) is 4.39 Å². The van der Waals surface area contributed by atoms with Gasteiger partial charge in [-0.15, -0.1) is 12.4 Å². The van der Waals surface area contributed by atoms with Gasteiger partial charge in [0.2, 0.25) is 0 Å². The van der Waals surface area contributed by atoms with Crippen molar-refractivity contribution in [1.29, 1.82) is 0 Å². The van der Waals surface area contributed by atoms with Gasteiger partial charge in [-0.1, -0.05) is 11.6 Å². The van der Waals surface area contributed by atoms with Gasteiger partial charge in [0.15, 0.2) is 0 Å². The maximum atomic E-state index is 13.5. The fraction of sp³-hybridized carbons (Fsp3) is 0.562. The fourth-order valence-electron chi connectivity index (χ4n) is 3.26. The molecule has 0 bridgehead atoms. The summed E-state index contributed by atoms with van der Waals surface area (Å²) in [6.45, 7) is 7.19. The molecule has 2 aliphatic rings. The van der Waals surface area contributed by atoms with E-state index in [1.165, 1.54) is 6.07 Å².